The molecule has 4 heteroatoms. The molecule has 0 N–H and O–H groups in total. The van der Waals surface area contributed by atoms with Gasteiger partial charge in [0.25, 0.3) is 0 Å². The first-order chi connectivity index (χ1) is 7.84. The van der Waals surface area contributed by atoms with Gasteiger partial charge < -0.3 is 4.52 Å². The maximum Gasteiger partial charge on any atom is 0.237 e. The predicted molar refractivity (Wildman–Crippen MR) is 57.1 cm³/mol. The molecule has 0 aromatic carbocycles. The summed E-state index contributed by atoms with van der Waals surface area (Å²) in [4.78, 5) is 16.3. The Morgan fingerprint density at radius 1 is 1.12 bits per heavy atom. The van der Waals surface area contributed by atoms with E-state index in [1.807, 2.05) is 0 Å². The molecule has 86 valence electrons. The Balaban J connectivity index is 1.80. The molecular formula is C12H16N2O2. The van der Waals surface area contributed by atoms with Crippen molar-refractivity contribution >= 4 is 5.78 Å². The van der Waals surface area contributed by atoms with Crippen molar-refractivity contribution in [1.82, 2.24) is 10.1 Å². The van der Waals surface area contributed by atoms with Crippen LogP contribution in [0.5, 0.6) is 0 Å². The normalized spacial score (nSPS) is 26.8. The van der Waals surface area contributed by atoms with Gasteiger partial charge in [-0.25, -0.2) is 0 Å². The molecule has 16 heavy (non-hydrogen) atoms. The zero-order valence-corrected chi connectivity index (χ0v) is 9.32. The third kappa shape index (κ3) is 1.88. The number of aromatic nitrogens is 2. The predicted octanol–water partition coefficient (Wildman–Crippen LogP) is 2.56. The summed E-state index contributed by atoms with van der Waals surface area (Å²) in [6.45, 7) is 0. The molecule has 3 rings (SSSR count). The van der Waals surface area contributed by atoms with E-state index >= 15 is 0 Å². The molecule has 0 aliphatic heterocycles. The molecule has 2 fully saturated rings. The lowest BCUT2D eigenvalue weighted by Crippen LogP contribution is -2.10. The molecule has 0 bridgehead atoms. The van der Waals surface area contributed by atoms with Crippen molar-refractivity contribution in [2.45, 2.75) is 56.8 Å². The largest absolute Gasteiger partial charge is 0.339 e. The first-order valence-corrected chi connectivity index (χ1v) is 6.21. The van der Waals surface area contributed by atoms with E-state index in [1.54, 1.807) is 0 Å². The first-order valence-electron chi connectivity index (χ1n) is 6.21. The van der Waals surface area contributed by atoms with E-state index in [2.05, 4.69) is 10.1 Å². The van der Waals surface area contributed by atoms with Gasteiger partial charge in [0.2, 0.25) is 5.89 Å². The van der Waals surface area contributed by atoms with Crippen LogP contribution in [0.3, 0.4) is 0 Å². The van der Waals surface area contributed by atoms with Gasteiger partial charge in [0.05, 0.1) is 5.92 Å². The van der Waals surface area contributed by atoms with Crippen LogP contribution in [0.1, 0.15) is 68.5 Å². The number of rotatable bonds is 2. The summed E-state index contributed by atoms with van der Waals surface area (Å²) in [5.74, 6) is 2.03. The van der Waals surface area contributed by atoms with Crippen LogP contribution in [-0.4, -0.2) is 15.9 Å². The van der Waals surface area contributed by atoms with Crippen LogP contribution < -0.4 is 0 Å². The number of carbonyl (C=O) groups excluding carboxylic acids is 1. The van der Waals surface area contributed by atoms with Gasteiger partial charge in [-0.05, 0) is 25.7 Å². The van der Waals surface area contributed by atoms with Gasteiger partial charge >= 0.3 is 0 Å². The van der Waals surface area contributed by atoms with Crippen LogP contribution in [0.4, 0.5) is 0 Å². The van der Waals surface area contributed by atoms with Gasteiger partial charge in [-0.3, -0.25) is 4.79 Å². The van der Waals surface area contributed by atoms with Crippen LogP contribution >= 0.6 is 0 Å². The van der Waals surface area contributed by atoms with Crippen LogP contribution in [-0.2, 0) is 4.79 Å². The van der Waals surface area contributed by atoms with Crippen molar-refractivity contribution in [3.63, 3.8) is 0 Å². The van der Waals surface area contributed by atoms with Gasteiger partial charge in [-0.2, -0.15) is 4.98 Å². The summed E-state index contributed by atoms with van der Waals surface area (Å²) < 4.78 is 5.25. The van der Waals surface area contributed by atoms with Crippen LogP contribution in [0, 0.1) is 0 Å². The minimum absolute atomic E-state index is 0.123. The molecule has 1 heterocycles. The first kappa shape index (κ1) is 10.00. The maximum absolute atomic E-state index is 11.9. The van der Waals surface area contributed by atoms with Gasteiger partial charge in [0.15, 0.2) is 5.82 Å². The van der Waals surface area contributed by atoms with E-state index in [4.69, 9.17) is 4.52 Å². The number of hydrogen-bond acceptors (Lipinski definition) is 4. The zero-order valence-electron chi connectivity index (χ0n) is 9.32. The molecule has 1 aromatic heterocycles. The third-order valence-corrected chi connectivity index (χ3v) is 3.50. The lowest BCUT2D eigenvalue weighted by Gasteiger charge is -2.06. The molecule has 2 aliphatic rings. The average molecular weight is 220 g/mol. The van der Waals surface area contributed by atoms with Gasteiger partial charge in [-0.15, -0.1) is 0 Å². The van der Waals surface area contributed by atoms with E-state index in [-0.39, 0.29) is 11.7 Å². The van der Waals surface area contributed by atoms with Crippen molar-refractivity contribution in [2.75, 3.05) is 0 Å². The van der Waals surface area contributed by atoms with Crippen molar-refractivity contribution in [3.8, 4) is 0 Å². The summed E-state index contributed by atoms with van der Waals surface area (Å²) >= 11 is 0. The highest BCUT2D eigenvalue weighted by atomic mass is 16.5. The summed E-state index contributed by atoms with van der Waals surface area (Å²) in [6, 6.07) is 0. The third-order valence-electron chi connectivity index (χ3n) is 3.50. The molecule has 1 aromatic rings. The van der Waals surface area contributed by atoms with Crippen LogP contribution in [0.15, 0.2) is 4.52 Å². The molecule has 1 unspecified atom stereocenters. The van der Waals surface area contributed by atoms with Gasteiger partial charge in [-0.1, -0.05) is 18.0 Å². The molecule has 0 saturated heterocycles. The van der Waals surface area contributed by atoms with E-state index in [0.717, 1.165) is 44.3 Å². The Morgan fingerprint density at radius 3 is 2.81 bits per heavy atom. The Bertz CT molecular complexity index is 395. The molecule has 1 atom stereocenters. The van der Waals surface area contributed by atoms with Crippen molar-refractivity contribution < 1.29 is 9.32 Å². The second-order valence-corrected chi connectivity index (χ2v) is 4.88. The SMILES string of the molecule is O=C1CCCCCC1c1nc(C2CC2)no1. The molecule has 0 amide bonds. The highest BCUT2D eigenvalue weighted by Gasteiger charge is 2.32. The molecular weight excluding hydrogens is 204 g/mol. The zero-order chi connectivity index (χ0) is 11.0. The fourth-order valence-corrected chi connectivity index (χ4v) is 2.32. The minimum Gasteiger partial charge on any atom is -0.339 e. The standard InChI is InChI=1S/C12H16N2O2/c15-10-5-3-1-2-4-9(10)12-13-11(14-16-12)8-6-7-8/h8-9H,1-7H2. The van der Waals surface area contributed by atoms with E-state index < -0.39 is 0 Å². The van der Waals surface area contributed by atoms with Gasteiger partial charge in [0, 0.05) is 12.3 Å². The lowest BCUT2D eigenvalue weighted by molar-refractivity contribution is -0.120. The molecule has 2 aliphatic carbocycles. The molecule has 2 saturated carbocycles. The Labute approximate surface area is 94.4 Å². The average Bonchev–Trinajstić information content (AvgIpc) is 3.06. The van der Waals surface area contributed by atoms with Crippen molar-refractivity contribution in [2.24, 2.45) is 0 Å². The summed E-state index contributed by atoms with van der Waals surface area (Å²) in [5, 5.41) is 3.98. The number of ketones is 1. The Morgan fingerprint density at radius 2 is 2.00 bits per heavy atom. The smallest absolute Gasteiger partial charge is 0.237 e. The fraction of sp³-hybridized carbons (Fsp3) is 0.750. The number of hydrogen-bond donors (Lipinski definition) is 0. The molecule has 0 spiro atoms. The van der Waals surface area contributed by atoms with E-state index in [0.29, 0.717) is 18.2 Å². The Hall–Kier alpha value is -1.19. The van der Waals surface area contributed by atoms with Crippen LogP contribution in [0.25, 0.3) is 0 Å². The lowest BCUT2D eigenvalue weighted by atomic mass is 9.99. The second-order valence-electron chi connectivity index (χ2n) is 4.88. The van der Waals surface area contributed by atoms with E-state index in [9.17, 15) is 4.79 Å². The van der Waals surface area contributed by atoms with Crippen LogP contribution in [0.2, 0.25) is 0 Å². The summed E-state index contributed by atoms with van der Waals surface area (Å²) in [6.07, 6.45) is 7.13. The number of nitrogens with zero attached hydrogens (tertiary/aromatic N) is 2. The molecule has 4 nitrogen and oxygen atoms in total. The van der Waals surface area contributed by atoms with E-state index in [1.165, 1.54) is 0 Å². The van der Waals surface area contributed by atoms with Crippen molar-refractivity contribution in [3.05, 3.63) is 11.7 Å². The summed E-state index contributed by atoms with van der Waals surface area (Å²) in [7, 11) is 0. The second kappa shape index (κ2) is 4.00. The fourth-order valence-electron chi connectivity index (χ4n) is 2.32. The quantitative estimate of drug-likeness (QED) is 0.719. The molecule has 0 radical (unpaired) electrons. The topological polar surface area (TPSA) is 56.0 Å². The number of Topliss-reactive ketones (excluding diaryl/α,β-unsaturated/α-hetero) is 1. The van der Waals surface area contributed by atoms with Crippen molar-refractivity contribution in [1.29, 1.82) is 0 Å². The number of carbonyl (C=O) groups is 1. The highest BCUT2D eigenvalue weighted by molar-refractivity contribution is 5.84. The Kier molecular flexibility index (Phi) is 2.50. The highest BCUT2D eigenvalue weighted by Crippen LogP contribution is 2.39. The monoisotopic (exact) mass is 220 g/mol. The van der Waals surface area contributed by atoms with Gasteiger partial charge in [0.1, 0.15) is 5.78 Å². The summed E-state index contributed by atoms with van der Waals surface area (Å²) in [5.41, 5.74) is 0. The maximum atomic E-state index is 11.9. The minimum atomic E-state index is -0.123.